The summed E-state index contributed by atoms with van der Waals surface area (Å²) in [6.07, 6.45) is 0. The van der Waals surface area contributed by atoms with Crippen LogP contribution in [-0.2, 0) is 6.54 Å². The average molecular weight is 250 g/mol. The molecule has 0 amide bonds. The number of nitrogens with zero attached hydrogens (tertiary/aromatic N) is 3. The Balaban J connectivity index is 2.96. The van der Waals surface area contributed by atoms with Crippen LogP contribution in [0.5, 0.6) is 0 Å². The fourth-order valence-electron chi connectivity index (χ4n) is 1.37. The van der Waals surface area contributed by atoms with Crippen LogP contribution in [0.4, 0.5) is 5.69 Å². The molecule has 1 aromatic rings. The summed E-state index contributed by atoms with van der Waals surface area (Å²) >= 11 is 0. The molecule has 8 heteroatoms. The average Bonchev–Trinajstić information content (AvgIpc) is 2.26. The Hall–Kier alpha value is -2.64. The number of hydrogen-bond acceptors (Lipinski definition) is 3. The predicted octanol–water partition coefficient (Wildman–Crippen LogP) is -0.00868. The summed E-state index contributed by atoms with van der Waals surface area (Å²) in [5, 5.41) is 10.7. The van der Waals surface area contributed by atoms with Gasteiger partial charge in [-0.05, 0) is 12.5 Å². The number of nitro benzene ring substituents is 1. The van der Waals surface area contributed by atoms with Crippen LogP contribution in [-0.4, -0.2) is 16.8 Å². The van der Waals surface area contributed by atoms with Crippen LogP contribution in [0.3, 0.4) is 0 Å². The molecule has 8 nitrogen and oxygen atoms in total. The Morgan fingerprint density at radius 2 is 2.06 bits per heavy atom. The van der Waals surface area contributed by atoms with E-state index < -0.39 is 4.92 Å². The quantitative estimate of drug-likeness (QED) is 0.299. The predicted molar refractivity (Wildman–Crippen MR) is 69.0 cm³/mol. The minimum atomic E-state index is -0.443. The maximum absolute atomic E-state index is 10.7. The maximum atomic E-state index is 10.7. The molecule has 0 bridgehead atoms. The molecule has 96 valence electrons. The standard InChI is InChI=1S/C10H14N6O2/c1-6-7(3-2-4-8(6)16(17)18)5-14-10(13)15-9(11)12/h2-4H,5H2,1H3,(H6,11,12,13,14,15). The second-order valence-electron chi connectivity index (χ2n) is 3.53. The van der Waals surface area contributed by atoms with Gasteiger partial charge in [-0.15, -0.1) is 0 Å². The van der Waals surface area contributed by atoms with E-state index in [4.69, 9.17) is 17.2 Å². The number of benzene rings is 1. The summed E-state index contributed by atoms with van der Waals surface area (Å²) < 4.78 is 0. The van der Waals surface area contributed by atoms with Crippen LogP contribution < -0.4 is 17.2 Å². The fraction of sp³-hybridized carbons (Fsp3) is 0.200. The van der Waals surface area contributed by atoms with Gasteiger partial charge in [-0.25, -0.2) is 4.99 Å². The highest BCUT2D eigenvalue weighted by Crippen LogP contribution is 2.21. The van der Waals surface area contributed by atoms with Gasteiger partial charge in [0.15, 0.2) is 5.96 Å². The lowest BCUT2D eigenvalue weighted by Gasteiger charge is -2.03. The molecular weight excluding hydrogens is 236 g/mol. The summed E-state index contributed by atoms with van der Waals surface area (Å²) in [6.45, 7) is 1.83. The summed E-state index contributed by atoms with van der Waals surface area (Å²) in [5.41, 5.74) is 17.0. The molecule has 0 aliphatic heterocycles. The summed E-state index contributed by atoms with van der Waals surface area (Å²) in [7, 11) is 0. The van der Waals surface area contributed by atoms with Gasteiger partial charge in [-0.2, -0.15) is 4.99 Å². The molecule has 0 aliphatic carbocycles. The second kappa shape index (κ2) is 5.62. The van der Waals surface area contributed by atoms with E-state index in [0.717, 1.165) is 0 Å². The highest BCUT2D eigenvalue weighted by atomic mass is 16.6. The van der Waals surface area contributed by atoms with Gasteiger partial charge in [0, 0.05) is 11.6 Å². The number of nitrogens with two attached hydrogens (primary N) is 3. The van der Waals surface area contributed by atoms with Crippen LogP contribution >= 0.6 is 0 Å². The molecule has 18 heavy (non-hydrogen) atoms. The van der Waals surface area contributed by atoms with Gasteiger partial charge in [-0.3, -0.25) is 10.1 Å². The van der Waals surface area contributed by atoms with Crippen molar-refractivity contribution in [2.45, 2.75) is 13.5 Å². The monoisotopic (exact) mass is 250 g/mol. The van der Waals surface area contributed by atoms with Crippen LogP contribution in [0, 0.1) is 17.0 Å². The van der Waals surface area contributed by atoms with Crippen molar-refractivity contribution in [3.8, 4) is 0 Å². The number of guanidine groups is 2. The Labute approximate surface area is 103 Å². The number of nitro groups is 1. The lowest BCUT2D eigenvalue weighted by molar-refractivity contribution is -0.385. The molecule has 0 heterocycles. The van der Waals surface area contributed by atoms with Crippen molar-refractivity contribution < 1.29 is 4.92 Å². The van der Waals surface area contributed by atoms with Crippen LogP contribution in [0.2, 0.25) is 0 Å². The van der Waals surface area contributed by atoms with Gasteiger partial charge in [-0.1, -0.05) is 12.1 Å². The van der Waals surface area contributed by atoms with Gasteiger partial charge < -0.3 is 17.2 Å². The molecule has 1 aromatic carbocycles. The van der Waals surface area contributed by atoms with Crippen molar-refractivity contribution in [2.24, 2.45) is 27.2 Å². The zero-order valence-corrected chi connectivity index (χ0v) is 9.83. The first-order valence-corrected chi connectivity index (χ1v) is 5.04. The van der Waals surface area contributed by atoms with E-state index >= 15 is 0 Å². The molecule has 0 aromatic heterocycles. The third-order valence-electron chi connectivity index (χ3n) is 2.27. The first-order valence-electron chi connectivity index (χ1n) is 5.04. The van der Waals surface area contributed by atoms with E-state index in [1.807, 2.05) is 0 Å². The Morgan fingerprint density at radius 1 is 1.39 bits per heavy atom. The Bertz CT molecular complexity index is 519. The summed E-state index contributed by atoms with van der Waals surface area (Å²) in [5.74, 6) is -0.257. The molecule has 0 fully saturated rings. The minimum Gasteiger partial charge on any atom is -0.370 e. The fourth-order valence-corrected chi connectivity index (χ4v) is 1.37. The minimum absolute atomic E-state index is 0.0445. The van der Waals surface area contributed by atoms with E-state index in [1.165, 1.54) is 6.07 Å². The molecule has 1 rings (SSSR count). The zero-order valence-electron chi connectivity index (χ0n) is 9.83. The topological polar surface area (TPSA) is 146 Å². The third-order valence-corrected chi connectivity index (χ3v) is 2.27. The van der Waals surface area contributed by atoms with Crippen LogP contribution in [0.1, 0.15) is 11.1 Å². The summed E-state index contributed by atoms with van der Waals surface area (Å²) in [6, 6.07) is 4.75. The van der Waals surface area contributed by atoms with Gasteiger partial charge in [0.1, 0.15) is 0 Å². The van der Waals surface area contributed by atoms with Crippen LogP contribution in [0.15, 0.2) is 28.2 Å². The van der Waals surface area contributed by atoms with Gasteiger partial charge >= 0.3 is 0 Å². The van der Waals surface area contributed by atoms with Gasteiger partial charge in [0.25, 0.3) is 5.69 Å². The largest absolute Gasteiger partial charge is 0.370 e. The Kier molecular flexibility index (Phi) is 4.19. The normalized spacial score (nSPS) is 11.1. The second-order valence-corrected chi connectivity index (χ2v) is 3.53. The number of hydrogen-bond donors (Lipinski definition) is 3. The first-order chi connectivity index (χ1) is 8.41. The van der Waals surface area contributed by atoms with Crippen molar-refractivity contribution in [3.63, 3.8) is 0 Å². The summed E-state index contributed by atoms with van der Waals surface area (Å²) in [4.78, 5) is 17.8. The smallest absolute Gasteiger partial charge is 0.272 e. The van der Waals surface area contributed by atoms with Crippen molar-refractivity contribution >= 4 is 17.6 Å². The SMILES string of the molecule is Cc1c(CN=C(N)N=C(N)N)cccc1[N+](=O)[O-]. The Morgan fingerprint density at radius 3 is 2.61 bits per heavy atom. The third kappa shape index (κ3) is 3.44. The highest BCUT2D eigenvalue weighted by Gasteiger charge is 2.12. The van der Waals surface area contributed by atoms with E-state index in [1.54, 1.807) is 19.1 Å². The molecule has 0 spiro atoms. The molecule has 0 atom stereocenters. The molecule has 0 saturated carbocycles. The molecule has 0 radical (unpaired) electrons. The lowest BCUT2D eigenvalue weighted by Crippen LogP contribution is -2.26. The molecule has 0 unspecified atom stereocenters. The zero-order chi connectivity index (χ0) is 13.7. The number of aliphatic imine (C=N–C) groups is 2. The highest BCUT2D eigenvalue weighted by molar-refractivity contribution is 5.92. The maximum Gasteiger partial charge on any atom is 0.272 e. The van der Waals surface area contributed by atoms with E-state index in [2.05, 4.69) is 9.98 Å². The van der Waals surface area contributed by atoms with Crippen molar-refractivity contribution in [1.82, 2.24) is 0 Å². The molecule has 0 saturated heterocycles. The van der Waals surface area contributed by atoms with E-state index in [-0.39, 0.29) is 24.2 Å². The van der Waals surface area contributed by atoms with Gasteiger partial charge in [0.2, 0.25) is 5.96 Å². The van der Waals surface area contributed by atoms with Crippen molar-refractivity contribution in [1.29, 1.82) is 0 Å². The molecule has 6 N–H and O–H groups in total. The van der Waals surface area contributed by atoms with Crippen molar-refractivity contribution in [2.75, 3.05) is 0 Å². The van der Waals surface area contributed by atoms with E-state index in [0.29, 0.717) is 11.1 Å². The van der Waals surface area contributed by atoms with Crippen molar-refractivity contribution in [3.05, 3.63) is 39.4 Å². The molecule has 0 aliphatic rings. The van der Waals surface area contributed by atoms with Gasteiger partial charge in [0.05, 0.1) is 11.5 Å². The molecular formula is C10H14N6O2. The number of rotatable bonds is 3. The van der Waals surface area contributed by atoms with E-state index in [9.17, 15) is 10.1 Å². The lowest BCUT2D eigenvalue weighted by atomic mass is 10.1. The first kappa shape index (κ1) is 13.4. The van der Waals surface area contributed by atoms with Crippen LogP contribution in [0.25, 0.3) is 0 Å².